The highest BCUT2D eigenvalue weighted by molar-refractivity contribution is 5.97. The van der Waals surface area contributed by atoms with E-state index in [4.69, 9.17) is 4.74 Å². The van der Waals surface area contributed by atoms with E-state index in [0.717, 1.165) is 26.0 Å². The average Bonchev–Trinajstić information content (AvgIpc) is 3.32. The van der Waals surface area contributed by atoms with E-state index in [1.165, 1.54) is 12.8 Å². The van der Waals surface area contributed by atoms with Crippen LogP contribution in [0.1, 0.15) is 43.0 Å². The molecule has 2 aliphatic rings. The standard InChI is InChI=1S/C17H24N2O2.ClH/c1-12-15(6-4-10-18-12)19-17(20)14-5-2-3-7-16(14)21-11-13-8-9-13;/h2-3,5,7,12-13,15,18H,4,6,8-11H2,1H3,(H,19,20);1H. The largest absolute Gasteiger partial charge is 0.492 e. The molecule has 1 saturated carbocycles. The summed E-state index contributed by atoms with van der Waals surface area (Å²) in [6, 6.07) is 8.06. The summed E-state index contributed by atoms with van der Waals surface area (Å²) < 4.78 is 5.82. The maximum absolute atomic E-state index is 12.5. The van der Waals surface area contributed by atoms with Crippen molar-refractivity contribution >= 4 is 18.3 Å². The summed E-state index contributed by atoms with van der Waals surface area (Å²) in [5.41, 5.74) is 0.649. The van der Waals surface area contributed by atoms with Crippen LogP contribution in [0.5, 0.6) is 5.75 Å². The highest BCUT2D eigenvalue weighted by Crippen LogP contribution is 2.30. The van der Waals surface area contributed by atoms with E-state index in [9.17, 15) is 4.79 Å². The summed E-state index contributed by atoms with van der Waals surface area (Å²) in [6.07, 6.45) is 4.64. The van der Waals surface area contributed by atoms with Gasteiger partial charge >= 0.3 is 0 Å². The fourth-order valence-corrected chi connectivity index (χ4v) is 2.76. The Balaban J connectivity index is 0.00000176. The van der Waals surface area contributed by atoms with Crippen LogP contribution in [0.15, 0.2) is 24.3 Å². The Morgan fingerprint density at radius 1 is 1.32 bits per heavy atom. The Morgan fingerprint density at radius 3 is 2.82 bits per heavy atom. The van der Waals surface area contributed by atoms with E-state index in [1.807, 2.05) is 24.3 Å². The van der Waals surface area contributed by atoms with Gasteiger partial charge in [-0.3, -0.25) is 4.79 Å². The minimum absolute atomic E-state index is 0. The minimum atomic E-state index is -0.0260. The lowest BCUT2D eigenvalue weighted by molar-refractivity contribution is 0.0915. The molecule has 2 atom stereocenters. The zero-order valence-electron chi connectivity index (χ0n) is 13.0. The van der Waals surface area contributed by atoms with Crippen LogP contribution in [-0.2, 0) is 0 Å². The van der Waals surface area contributed by atoms with Gasteiger partial charge in [0.25, 0.3) is 5.91 Å². The number of benzene rings is 1. The number of hydrogen-bond donors (Lipinski definition) is 2. The van der Waals surface area contributed by atoms with Crippen molar-refractivity contribution in [3.63, 3.8) is 0 Å². The number of nitrogens with one attached hydrogen (secondary N) is 2. The number of hydrogen-bond acceptors (Lipinski definition) is 3. The average molecular weight is 325 g/mol. The number of carbonyl (C=O) groups excluding carboxylic acids is 1. The van der Waals surface area contributed by atoms with Crippen LogP contribution in [0.4, 0.5) is 0 Å². The fourth-order valence-electron chi connectivity index (χ4n) is 2.76. The van der Waals surface area contributed by atoms with Gasteiger partial charge in [0.1, 0.15) is 5.75 Å². The summed E-state index contributed by atoms with van der Waals surface area (Å²) in [7, 11) is 0. The molecule has 1 aliphatic carbocycles. The molecule has 0 spiro atoms. The number of piperidine rings is 1. The van der Waals surface area contributed by atoms with Crippen LogP contribution in [0.3, 0.4) is 0 Å². The van der Waals surface area contributed by atoms with Gasteiger partial charge in [-0.2, -0.15) is 0 Å². The molecule has 2 unspecified atom stereocenters. The van der Waals surface area contributed by atoms with Gasteiger partial charge < -0.3 is 15.4 Å². The molecule has 5 heteroatoms. The van der Waals surface area contributed by atoms with Gasteiger partial charge in [-0.05, 0) is 57.2 Å². The number of halogens is 1. The molecule has 1 aromatic rings. The highest BCUT2D eigenvalue weighted by atomic mass is 35.5. The molecule has 2 fully saturated rings. The van der Waals surface area contributed by atoms with E-state index >= 15 is 0 Å². The van der Waals surface area contributed by atoms with Crippen LogP contribution in [0, 0.1) is 5.92 Å². The zero-order chi connectivity index (χ0) is 14.7. The Morgan fingerprint density at radius 2 is 2.09 bits per heavy atom. The van der Waals surface area contributed by atoms with Crippen molar-refractivity contribution in [2.45, 2.75) is 44.7 Å². The predicted molar refractivity (Wildman–Crippen MR) is 89.9 cm³/mol. The molecular weight excluding hydrogens is 300 g/mol. The third kappa shape index (κ3) is 4.37. The molecule has 2 N–H and O–H groups in total. The maximum atomic E-state index is 12.5. The Kier molecular flexibility index (Phi) is 6.09. The van der Waals surface area contributed by atoms with Gasteiger partial charge in [-0.25, -0.2) is 0 Å². The van der Waals surface area contributed by atoms with Gasteiger partial charge in [-0.1, -0.05) is 12.1 Å². The summed E-state index contributed by atoms with van der Waals surface area (Å²) in [5, 5.41) is 6.55. The summed E-state index contributed by atoms with van der Waals surface area (Å²) in [5.74, 6) is 1.36. The van der Waals surface area contributed by atoms with Crippen molar-refractivity contribution in [3.8, 4) is 5.75 Å². The molecule has 0 bridgehead atoms. The highest BCUT2D eigenvalue weighted by Gasteiger charge is 2.25. The topological polar surface area (TPSA) is 50.4 Å². The van der Waals surface area contributed by atoms with E-state index in [2.05, 4.69) is 17.6 Å². The second-order valence-electron chi connectivity index (χ2n) is 6.22. The first-order chi connectivity index (χ1) is 10.2. The van der Waals surface area contributed by atoms with Crippen molar-refractivity contribution < 1.29 is 9.53 Å². The fraction of sp³-hybridized carbons (Fsp3) is 0.588. The van der Waals surface area contributed by atoms with E-state index < -0.39 is 0 Å². The quantitative estimate of drug-likeness (QED) is 0.875. The lowest BCUT2D eigenvalue weighted by atomic mass is 9.99. The van der Waals surface area contributed by atoms with Gasteiger partial charge in [0.15, 0.2) is 0 Å². The lowest BCUT2D eigenvalue weighted by Gasteiger charge is -2.30. The minimum Gasteiger partial charge on any atom is -0.492 e. The van der Waals surface area contributed by atoms with Crippen molar-refractivity contribution in [2.75, 3.05) is 13.2 Å². The molecule has 3 rings (SSSR count). The molecular formula is C17H25ClN2O2. The normalized spacial score (nSPS) is 24.2. The van der Waals surface area contributed by atoms with Crippen LogP contribution in [0.2, 0.25) is 0 Å². The SMILES string of the molecule is CC1NCCCC1NC(=O)c1ccccc1OCC1CC1.Cl. The molecule has 4 nitrogen and oxygen atoms in total. The van der Waals surface area contributed by atoms with Crippen LogP contribution in [-0.4, -0.2) is 31.1 Å². The third-order valence-corrected chi connectivity index (χ3v) is 4.38. The van der Waals surface area contributed by atoms with E-state index in [1.54, 1.807) is 0 Å². The lowest BCUT2D eigenvalue weighted by Crippen LogP contribution is -2.51. The number of ether oxygens (including phenoxy) is 1. The third-order valence-electron chi connectivity index (χ3n) is 4.38. The molecule has 1 aromatic carbocycles. The molecule has 1 amide bonds. The smallest absolute Gasteiger partial charge is 0.255 e. The van der Waals surface area contributed by atoms with Gasteiger partial charge in [0, 0.05) is 12.1 Å². The molecule has 22 heavy (non-hydrogen) atoms. The molecule has 1 aliphatic heterocycles. The van der Waals surface area contributed by atoms with Crippen LogP contribution < -0.4 is 15.4 Å². The van der Waals surface area contributed by atoms with Crippen molar-refractivity contribution in [1.29, 1.82) is 0 Å². The van der Waals surface area contributed by atoms with Gasteiger partial charge in [0.2, 0.25) is 0 Å². The van der Waals surface area contributed by atoms with Crippen LogP contribution >= 0.6 is 12.4 Å². The summed E-state index contributed by atoms with van der Waals surface area (Å²) in [6.45, 7) is 3.89. The molecule has 1 saturated heterocycles. The molecule has 0 radical (unpaired) electrons. The Labute approximate surface area is 138 Å². The van der Waals surface area contributed by atoms with Crippen LogP contribution in [0.25, 0.3) is 0 Å². The van der Waals surface area contributed by atoms with Gasteiger partial charge in [0.05, 0.1) is 12.2 Å². The first-order valence-electron chi connectivity index (χ1n) is 8.00. The number of para-hydroxylation sites is 1. The maximum Gasteiger partial charge on any atom is 0.255 e. The molecule has 1 heterocycles. The predicted octanol–water partition coefficient (Wildman–Crippen LogP) is 2.77. The van der Waals surface area contributed by atoms with Crippen molar-refractivity contribution in [1.82, 2.24) is 10.6 Å². The van der Waals surface area contributed by atoms with Crippen molar-refractivity contribution in [3.05, 3.63) is 29.8 Å². The second kappa shape index (κ2) is 7.84. The number of amides is 1. The van der Waals surface area contributed by atoms with E-state index in [-0.39, 0.29) is 24.4 Å². The Bertz CT molecular complexity index is 505. The second-order valence-corrected chi connectivity index (χ2v) is 6.22. The molecule has 122 valence electrons. The monoisotopic (exact) mass is 324 g/mol. The van der Waals surface area contributed by atoms with Crippen molar-refractivity contribution in [2.24, 2.45) is 5.92 Å². The van der Waals surface area contributed by atoms with Gasteiger partial charge in [-0.15, -0.1) is 12.4 Å². The zero-order valence-corrected chi connectivity index (χ0v) is 13.8. The summed E-state index contributed by atoms with van der Waals surface area (Å²) >= 11 is 0. The number of rotatable bonds is 5. The molecule has 0 aromatic heterocycles. The number of carbonyl (C=O) groups is 1. The first kappa shape index (κ1) is 17.1. The van der Waals surface area contributed by atoms with E-state index in [0.29, 0.717) is 23.3 Å². The Hall–Kier alpha value is -1.26. The summed E-state index contributed by atoms with van der Waals surface area (Å²) in [4.78, 5) is 12.5. The first-order valence-corrected chi connectivity index (χ1v) is 8.00.